The van der Waals surface area contributed by atoms with Gasteiger partial charge in [-0.2, -0.15) is 8.78 Å². The Balaban J connectivity index is 1.82. The topological polar surface area (TPSA) is 79.5 Å². The van der Waals surface area contributed by atoms with Gasteiger partial charge in [0.15, 0.2) is 0 Å². The van der Waals surface area contributed by atoms with Gasteiger partial charge in [0, 0.05) is 18.6 Å². The summed E-state index contributed by atoms with van der Waals surface area (Å²) in [6.45, 7) is -2.28. The van der Waals surface area contributed by atoms with E-state index in [-0.39, 0.29) is 22.7 Å². The highest BCUT2D eigenvalue weighted by atomic mass is 32.2. The van der Waals surface area contributed by atoms with Crippen LogP contribution in [-0.2, 0) is 10.0 Å². The Labute approximate surface area is 133 Å². The molecule has 2 aliphatic rings. The Bertz CT molecular complexity index is 656. The average molecular weight is 347 g/mol. The van der Waals surface area contributed by atoms with Crippen LogP contribution in [0.1, 0.15) is 19.3 Å². The molecule has 23 heavy (non-hydrogen) atoms. The van der Waals surface area contributed by atoms with E-state index in [0.717, 1.165) is 19.4 Å². The lowest BCUT2D eigenvalue weighted by molar-refractivity contribution is -0.0517. The molecule has 0 spiro atoms. The number of hydrazine groups is 1. The number of para-hydroxylation sites is 1. The van der Waals surface area contributed by atoms with Gasteiger partial charge in [0.1, 0.15) is 10.6 Å². The van der Waals surface area contributed by atoms with E-state index in [0.29, 0.717) is 12.3 Å². The molecule has 1 aromatic carbocycles. The fourth-order valence-corrected chi connectivity index (χ4v) is 4.73. The zero-order chi connectivity index (χ0) is 16.4. The van der Waals surface area contributed by atoms with Gasteiger partial charge in [-0.05, 0) is 30.9 Å². The van der Waals surface area contributed by atoms with E-state index < -0.39 is 16.6 Å². The molecule has 0 radical (unpaired) electrons. The third-order valence-corrected chi connectivity index (χ3v) is 5.85. The van der Waals surface area contributed by atoms with Gasteiger partial charge in [-0.15, -0.1) is 0 Å². The summed E-state index contributed by atoms with van der Waals surface area (Å²) in [5.74, 6) is 0.0175. The van der Waals surface area contributed by atoms with Gasteiger partial charge in [-0.1, -0.05) is 18.6 Å². The SMILES string of the molecule is O=S(=O)(NC1CCCC2CNNC21)c1ccccc1OC(F)F. The molecule has 1 heterocycles. The minimum atomic E-state index is -3.95. The highest BCUT2D eigenvalue weighted by Gasteiger charge is 2.39. The van der Waals surface area contributed by atoms with E-state index in [1.54, 1.807) is 0 Å². The molecule has 3 atom stereocenters. The number of halogens is 2. The molecular formula is C14H19F2N3O3S. The van der Waals surface area contributed by atoms with Crippen LogP contribution in [0.25, 0.3) is 0 Å². The predicted molar refractivity (Wildman–Crippen MR) is 79.5 cm³/mol. The second-order valence-corrected chi connectivity index (χ2v) is 7.48. The summed E-state index contributed by atoms with van der Waals surface area (Å²) >= 11 is 0. The molecule has 1 aromatic rings. The molecule has 0 amide bonds. The smallest absolute Gasteiger partial charge is 0.387 e. The van der Waals surface area contributed by atoms with Gasteiger partial charge < -0.3 is 4.74 Å². The van der Waals surface area contributed by atoms with Crippen LogP contribution in [-0.4, -0.2) is 33.7 Å². The molecule has 1 aliphatic heterocycles. The molecule has 3 N–H and O–H groups in total. The lowest BCUT2D eigenvalue weighted by Crippen LogP contribution is -2.52. The lowest BCUT2D eigenvalue weighted by atomic mass is 9.83. The van der Waals surface area contributed by atoms with Gasteiger partial charge in [0.05, 0.1) is 0 Å². The molecule has 1 saturated heterocycles. The fourth-order valence-electron chi connectivity index (χ4n) is 3.30. The summed E-state index contributed by atoms with van der Waals surface area (Å²) in [5, 5.41) is 0. The number of rotatable bonds is 5. The van der Waals surface area contributed by atoms with E-state index in [2.05, 4.69) is 20.3 Å². The fraction of sp³-hybridized carbons (Fsp3) is 0.571. The molecule has 0 bridgehead atoms. The average Bonchev–Trinajstić information content (AvgIpc) is 2.96. The van der Waals surface area contributed by atoms with Crippen molar-refractivity contribution in [1.29, 1.82) is 0 Å². The Morgan fingerprint density at radius 1 is 1.26 bits per heavy atom. The number of hydrogen-bond donors (Lipinski definition) is 3. The minimum absolute atomic E-state index is 0.00158. The highest BCUT2D eigenvalue weighted by molar-refractivity contribution is 7.89. The van der Waals surface area contributed by atoms with Crippen LogP contribution in [0.4, 0.5) is 8.78 Å². The second kappa shape index (κ2) is 6.68. The van der Waals surface area contributed by atoms with Crippen LogP contribution < -0.4 is 20.3 Å². The van der Waals surface area contributed by atoms with E-state index in [1.807, 2.05) is 0 Å². The number of sulfonamides is 1. The van der Waals surface area contributed by atoms with Gasteiger partial charge >= 0.3 is 6.61 Å². The van der Waals surface area contributed by atoms with Crippen LogP contribution in [0.2, 0.25) is 0 Å². The molecule has 128 valence electrons. The summed E-state index contributed by atoms with van der Waals surface area (Å²) in [6, 6.07) is 5.14. The molecule has 0 aromatic heterocycles. The predicted octanol–water partition coefficient (Wildman–Crippen LogP) is 1.21. The number of ether oxygens (including phenoxy) is 1. The first-order chi connectivity index (χ1) is 11.0. The summed E-state index contributed by atoms with van der Waals surface area (Å²) in [4.78, 5) is -0.270. The molecule has 3 unspecified atom stereocenters. The number of benzene rings is 1. The first kappa shape index (κ1) is 16.6. The summed E-state index contributed by atoms with van der Waals surface area (Å²) < 4.78 is 57.1. The third-order valence-electron chi connectivity index (χ3n) is 4.33. The number of alkyl halides is 2. The van der Waals surface area contributed by atoms with Crippen LogP contribution in [0.5, 0.6) is 5.75 Å². The van der Waals surface area contributed by atoms with E-state index in [9.17, 15) is 17.2 Å². The van der Waals surface area contributed by atoms with Crippen molar-refractivity contribution in [3.05, 3.63) is 24.3 Å². The van der Waals surface area contributed by atoms with Crippen molar-refractivity contribution in [3.63, 3.8) is 0 Å². The quantitative estimate of drug-likeness (QED) is 0.746. The normalized spacial score (nSPS) is 27.9. The first-order valence-electron chi connectivity index (χ1n) is 7.52. The third kappa shape index (κ3) is 3.63. The van der Waals surface area contributed by atoms with Crippen molar-refractivity contribution < 1.29 is 21.9 Å². The summed E-state index contributed by atoms with van der Waals surface area (Å²) in [6.07, 6.45) is 2.66. The standard InChI is InChI=1S/C14H19F2N3O3S/c15-14(16)22-11-6-1-2-7-12(11)23(20,21)19-10-5-3-4-9-8-17-18-13(9)10/h1-2,6-7,9-10,13-14,17-19H,3-5,8H2. The Kier molecular flexibility index (Phi) is 4.81. The first-order valence-corrected chi connectivity index (χ1v) is 9.00. The van der Waals surface area contributed by atoms with Crippen molar-refractivity contribution in [1.82, 2.24) is 15.6 Å². The monoisotopic (exact) mass is 347 g/mol. The summed E-state index contributed by atoms with van der Waals surface area (Å²) in [5.41, 5.74) is 6.15. The molecule has 1 saturated carbocycles. The van der Waals surface area contributed by atoms with Gasteiger partial charge in [-0.3, -0.25) is 10.9 Å². The largest absolute Gasteiger partial charge is 0.433 e. The Morgan fingerprint density at radius 2 is 2.04 bits per heavy atom. The van der Waals surface area contributed by atoms with Crippen molar-refractivity contribution in [2.45, 2.75) is 42.9 Å². The zero-order valence-electron chi connectivity index (χ0n) is 12.3. The van der Waals surface area contributed by atoms with Gasteiger partial charge in [-0.25, -0.2) is 13.1 Å². The van der Waals surface area contributed by atoms with Gasteiger partial charge in [0.25, 0.3) is 0 Å². The maximum absolute atomic E-state index is 12.6. The number of nitrogens with one attached hydrogen (secondary N) is 3. The van der Waals surface area contributed by atoms with Crippen LogP contribution in [0.3, 0.4) is 0 Å². The van der Waals surface area contributed by atoms with E-state index in [1.165, 1.54) is 24.3 Å². The number of fused-ring (bicyclic) bond motifs is 1. The minimum Gasteiger partial charge on any atom is -0.433 e. The van der Waals surface area contributed by atoms with Crippen molar-refractivity contribution in [3.8, 4) is 5.75 Å². The molecule has 6 nitrogen and oxygen atoms in total. The van der Waals surface area contributed by atoms with E-state index >= 15 is 0 Å². The van der Waals surface area contributed by atoms with Crippen molar-refractivity contribution >= 4 is 10.0 Å². The zero-order valence-corrected chi connectivity index (χ0v) is 13.2. The summed E-state index contributed by atoms with van der Waals surface area (Å²) in [7, 11) is -3.95. The second-order valence-electron chi connectivity index (χ2n) is 5.80. The van der Waals surface area contributed by atoms with Crippen LogP contribution >= 0.6 is 0 Å². The van der Waals surface area contributed by atoms with E-state index in [4.69, 9.17) is 0 Å². The van der Waals surface area contributed by atoms with Crippen molar-refractivity contribution in [2.75, 3.05) is 6.54 Å². The van der Waals surface area contributed by atoms with Crippen LogP contribution in [0, 0.1) is 5.92 Å². The maximum atomic E-state index is 12.6. The molecular weight excluding hydrogens is 328 g/mol. The van der Waals surface area contributed by atoms with Crippen LogP contribution in [0.15, 0.2) is 29.2 Å². The molecule has 9 heteroatoms. The molecule has 1 aliphatic carbocycles. The Morgan fingerprint density at radius 3 is 2.83 bits per heavy atom. The van der Waals surface area contributed by atoms with Crippen molar-refractivity contribution in [2.24, 2.45) is 5.92 Å². The lowest BCUT2D eigenvalue weighted by Gasteiger charge is -2.33. The highest BCUT2D eigenvalue weighted by Crippen LogP contribution is 2.30. The molecule has 2 fully saturated rings. The Hall–Kier alpha value is -1.29. The molecule has 3 rings (SSSR count). The number of hydrogen-bond acceptors (Lipinski definition) is 5. The van der Waals surface area contributed by atoms with Gasteiger partial charge in [0.2, 0.25) is 10.0 Å². The maximum Gasteiger partial charge on any atom is 0.387 e.